The summed E-state index contributed by atoms with van der Waals surface area (Å²) in [4.78, 5) is 19.9. The molecule has 0 aliphatic rings. The highest BCUT2D eigenvalue weighted by molar-refractivity contribution is 7.21. The van der Waals surface area contributed by atoms with Crippen molar-refractivity contribution in [3.05, 3.63) is 47.9 Å². The van der Waals surface area contributed by atoms with Gasteiger partial charge in [-0.2, -0.15) is 0 Å². The van der Waals surface area contributed by atoms with Gasteiger partial charge in [-0.25, -0.2) is 4.98 Å². The van der Waals surface area contributed by atoms with Crippen LogP contribution < -0.4 is 5.73 Å². The fourth-order valence-corrected chi connectivity index (χ4v) is 3.33. The van der Waals surface area contributed by atoms with Gasteiger partial charge in [-0.3, -0.25) is 4.79 Å². The molecule has 0 aliphatic heterocycles. The third-order valence-corrected chi connectivity index (χ3v) is 4.47. The van der Waals surface area contributed by atoms with Crippen LogP contribution in [0.4, 0.5) is 5.69 Å². The monoisotopic (exact) mass is 297 g/mol. The Labute approximate surface area is 126 Å². The smallest absolute Gasteiger partial charge is 0.266 e. The van der Waals surface area contributed by atoms with Gasteiger partial charge in [0.2, 0.25) is 0 Å². The van der Waals surface area contributed by atoms with E-state index in [1.165, 1.54) is 11.3 Å². The Morgan fingerprint density at radius 1 is 1.48 bits per heavy atom. The minimum absolute atomic E-state index is 0.0977. The van der Waals surface area contributed by atoms with Crippen LogP contribution in [0, 0.1) is 0 Å². The topological polar surface area (TPSA) is 59.2 Å². The number of carbonyl (C=O) groups excluding carboxylic acids is 1. The summed E-state index contributed by atoms with van der Waals surface area (Å²) in [5.74, 6) is -0.0977. The Bertz CT molecular complexity index is 853. The standard InChI is InChI=1S/C16H15N3OS/c1-3-8-19(2)16(20)14-13(17)11-9-10-6-4-5-7-12(10)18-15(11)21-14/h3-7,9H,1,8,17H2,2H3. The summed E-state index contributed by atoms with van der Waals surface area (Å²) in [5.41, 5.74) is 7.58. The highest BCUT2D eigenvalue weighted by Crippen LogP contribution is 2.35. The average Bonchev–Trinajstić information content (AvgIpc) is 2.81. The average molecular weight is 297 g/mol. The Kier molecular flexibility index (Phi) is 3.35. The molecular weight excluding hydrogens is 282 g/mol. The predicted molar refractivity (Wildman–Crippen MR) is 88.7 cm³/mol. The minimum Gasteiger partial charge on any atom is -0.397 e. The Morgan fingerprint density at radius 3 is 3.00 bits per heavy atom. The summed E-state index contributed by atoms with van der Waals surface area (Å²) in [6.07, 6.45) is 1.69. The number of nitrogen functional groups attached to an aromatic ring is 1. The first-order valence-electron chi connectivity index (χ1n) is 6.56. The Balaban J connectivity index is 2.17. The van der Waals surface area contributed by atoms with Crippen molar-refractivity contribution >= 4 is 44.1 Å². The largest absolute Gasteiger partial charge is 0.397 e. The second kappa shape index (κ2) is 5.18. The summed E-state index contributed by atoms with van der Waals surface area (Å²) < 4.78 is 0. The molecule has 5 heteroatoms. The molecule has 2 N–H and O–H groups in total. The number of fused-ring (bicyclic) bond motifs is 2. The van der Waals surface area contributed by atoms with Gasteiger partial charge in [-0.1, -0.05) is 24.3 Å². The number of rotatable bonds is 3. The van der Waals surface area contributed by atoms with Crippen molar-refractivity contribution in [1.82, 2.24) is 9.88 Å². The van der Waals surface area contributed by atoms with Gasteiger partial charge < -0.3 is 10.6 Å². The molecule has 3 rings (SSSR count). The molecule has 106 valence electrons. The molecule has 0 spiro atoms. The number of nitrogens with two attached hydrogens (primary N) is 1. The van der Waals surface area contributed by atoms with Gasteiger partial charge in [0, 0.05) is 24.4 Å². The Morgan fingerprint density at radius 2 is 2.24 bits per heavy atom. The number of pyridine rings is 1. The van der Waals surface area contributed by atoms with Crippen molar-refractivity contribution in [3.63, 3.8) is 0 Å². The molecule has 0 saturated heterocycles. The van der Waals surface area contributed by atoms with Crippen LogP contribution in [0.3, 0.4) is 0 Å². The summed E-state index contributed by atoms with van der Waals surface area (Å²) >= 11 is 1.34. The van der Waals surface area contributed by atoms with E-state index in [1.54, 1.807) is 18.0 Å². The molecule has 0 bridgehead atoms. The second-order valence-electron chi connectivity index (χ2n) is 4.85. The van der Waals surface area contributed by atoms with Crippen molar-refractivity contribution < 1.29 is 4.79 Å². The van der Waals surface area contributed by atoms with Gasteiger partial charge in [0.15, 0.2) is 0 Å². The van der Waals surface area contributed by atoms with Gasteiger partial charge in [-0.05, 0) is 12.1 Å². The lowest BCUT2D eigenvalue weighted by molar-refractivity contribution is 0.0816. The van der Waals surface area contributed by atoms with Crippen LogP contribution in [0.1, 0.15) is 9.67 Å². The van der Waals surface area contributed by atoms with Gasteiger partial charge in [-0.15, -0.1) is 17.9 Å². The number of benzene rings is 1. The van der Waals surface area contributed by atoms with Crippen LogP contribution in [0.2, 0.25) is 0 Å². The van der Waals surface area contributed by atoms with E-state index >= 15 is 0 Å². The maximum absolute atomic E-state index is 12.4. The number of para-hydroxylation sites is 1. The van der Waals surface area contributed by atoms with Crippen molar-refractivity contribution in [2.45, 2.75) is 0 Å². The number of amides is 1. The molecule has 0 aliphatic carbocycles. The van der Waals surface area contributed by atoms with E-state index in [0.717, 1.165) is 21.1 Å². The predicted octanol–water partition coefficient (Wildman–Crippen LogP) is 3.29. The van der Waals surface area contributed by atoms with E-state index < -0.39 is 0 Å². The van der Waals surface area contributed by atoms with Crippen LogP contribution in [0.5, 0.6) is 0 Å². The maximum Gasteiger partial charge on any atom is 0.266 e. The molecule has 3 aromatic rings. The third kappa shape index (κ3) is 2.25. The van der Waals surface area contributed by atoms with Gasteiger partial charge in [0.05, 0.1) is 11.2 Å². The Hall–Kier alpha value is -2.40. The normalized spacial score (nSPS) is 10.9. The molecule has 1 amide bonds. The molecular formula is C16H15N3OS. The first-order chi connectivity index (χ1) is 10.1. The molecule has 2 heterocycles. The highest BCUT2D eigenvalue weighted by Gasteiger charge is 2.20. The van der Waals surface area contributed by atoms with E-state index in [2.05, 4.69) is 11.6 Å². The number of aromatic nitrogens is 1. The van der Waals surface area contributed by atoms with E-state index in [0.29, 0.717) is 17.1 Å². The van der Waals surface area contributed by atoms with Crippen LogP contribution in [-0.2, 0) is 0 Å². The zero-order chi connectivity index (χ0) is 15.0. The fraction of sp³-hybridized carbons (Fsp3) is 0.125. The van der Waals surface area contributed by atoms with Gasteiger partial charge >= 0.3 is 0 Å². The molecule has 0 atom stereocenters. The number of anilines is 1. The van der Waals surface area contributed by atoms with Crippen LogP contribution in [0.25, 0.3) is 21.1 Å². The molecule has 0 fully saturated rings. The van der Waals surface area contributed by atoms with Crippen LogP contribution in [0.15, 0.2) is 43.0 Å². The first kappa shape index (κ1) is 13.6. The summed E-state index contributed by atoms with van der Waals surface area (Å²) in [5, 5.41) is 1.86. The molecule has 0 unspecified atom stereocenters. The lowest BCUT2D eigenvalue weighted by Gasteiger charge is -2.13. The SMILES string of the molecule is C=CCN(C)C(=O)c1sc2nc3ccccc3cc2c1N. The number of carbonyl (C=O) groups is 1. The molecule has 1 aromatic carbocycles. The fourth-order valence-electron chi connectivity index (χ4n) is 2.25. The first-order valence-corrected chi connectivity index (χ1v) is 7.37. The lowest BCUT2D eigenvalue weighted by atomic mass is 10.1. The molecule has 2 aromatic heterocycles. The number of thiophene rings is 1. The van der Waals surface area contributed by atoms with Gasteiger partial charge in [0.1, 0.15) is 9.71 Å². The number of hydrogen-bond acceptors (Lipinski definition) is 4. The minimum atomic E-state index is -0.0977. The van der Waals surface area contributed by atoms with Gasteiger partial charge in [0.25, 0.3) is 5.91 Å². The van der Waals surface area contributed by atoms with Crippen molar-refractivity contribution in [2.75, 3.05) is 19.3 Å². The van der Waals surface area contributed by atoms with Crippen molar-refractivity contribution in [2.24, 2.45) is 0 Å². The summed E-state index contributed by atoms with van der Waals surface area (Å²) in [7, 11) is 1.73. The third-order valence-electron chi connectivity index (χ3n) is 3.37. The molecule has 0 radical (unpaired) electrons. The van der Waals surface area contributed by atoms with Crippen molar-refractivity contribution in [3.8, 4) is 0 Å². The maximum atomic E-state index is 12.4. The number of likely N-dealkylation sites (N-methyl/N-ethyl adjacent to an activating group) is 1. The molecule has 4 nitrogen and oxygen atoms in total. The number of hydrogen-bond donors (Lipinski definition) is 1. The molecule has 0 saturated carbocycles. The lowest BCUT2D eigenvalue weighted by Crippen LogP contribution is -2.26. The highest BCUT2D eigenvalue weighted by atomic mass is 32.1. The van der Waals surface area contributed by atoms with E-state index in [9.17, 15) is 4.79 Å². The van der Waals surface area contributed by atoms with Crippen LogP contribution in [-0.4, -0.2) is 29.4 Å². The summed E-state index contributed by atoms with van der Waals surface area (Å²) in [6, 6.07) is 9.85. The van der Waals surface area contributed by atoms with Crippen molar-refractivity contribution in [1.29, 1.82) is 0 Å². The zero-order valence-corrected chi connectivity index (χ0v) is 12.5. The quantitative estimate of drug-likeness (QED) is 0.755. The second-order valence-corrected chi connectivity index (χ2v) is 5.85. The van der Waals surface area contributed by atoms with E-state index in [-0.39, 0.29) is 5.91 Å². The zero-order valence-electron chi connectivity index (χ0n) is 11.7. The van der Waals surface area contributed by atoms with E-state index in [1.807, 2.05) is 30.3 Å². The molecule has 21 heavy (non-hydrogen) atoms. The summed E-state index contributed by atoms with van der Waals surface area (Å²) in [6.45, 7) is 4.13. The van der Waals surface area contributed by atoms with E-state index in [4.69, 9.17) is 5.73 Å². The number of nitrogens with zero attached hydrogens (tertiary/aromatic N) is 2. The van der Waals surface area contributed by atoms with Crippen LogP contribution >= 0.6 is 11.3 Å².